The van der Waals surface area contributed by atoms with Gasteiger partial charge in [0.25, 0.3) is 5.91 Å². The number of piperidine rings is 1. The number of ether oxygens (including phenoxy) is 1. The number of amides is 1. The van der Waals surface area contributed by atoms with E-state index in [0.717, 1.165) is 30.2 Å². The second kappa shape index (κ2) is 7.46. The summed E-state index contributed by atoms with van der Waals surface area (Å²) in [6, 6.07) is 7.33. The number of nitrogens with zero attached hydrogens (tertiary/aromatic N) is 3. The number of pyridine rings is 2. The lowest BCUT2D eigenvalue weighted by Crippen LogP contribution is -2.44. The van der Waals surface area contributed by atoms with Crippen LogP contribution in [0.25, 0.3) is 0 Å². The molecule has 0 radical (unpaired) electrons. The summed E-state index contributed by atoms with van der Waals surface area (Å²) < 4.78 is 5.97. The van der Waals surface area contributed by atoms with Crippen LogP contribution in [0.2, 0.25) is 0 Å². The van der Waals surface area contributed by atoms with Crippen LogP contribution in [0, 0.1) is 0 Å². The van der Waals surface area contributed by atoms with Gasteiger partial charge in [0.05, 0.1) is 12.1 Å². The van der Waals surface area contributed by atoms with Gasteiger partial charge in [-0.05, 0) is 43.4 Å². The fourth-order valence-corrected chi connectivity index (χ4v) is 3.26. The Kier molecular flexibility index (Phi) is 5.12. The third-order valence-electron chi connectivity index (χ3n) is 3.81. The van der Waals surface area contributed by atoms with Gasteiger partial charge >= 0.3 is 0 Å². The molecule has 23 heavy (non-hydrogen) atoms. The van der Waals surface area contributed by atoms with E-state index in [9.17, 15) is 4.79 Å². The maximum atomic E-state index is 12.8. The van der Waals surface area contributed by atoms with Crippen LogP contribution >= 0.6 is 11.8 Å². The van der Waals surface area contributed by atoms with Crippen molar-refractivity contribution in [2.45, 2.75) is 24.0 Å². The van der Waals surface area contributed by atoms with E-state index in [1.165, 1.54) is 11.8 Å². The predicted octanol–water partition coefficient (Wildman–Crippen LogP) is 2.88. The van der Waals surface area contributed by atoms with Crippen molar-refractivity contribution in [2.24, 2.45) is 0 Å². The Labute approximate surface area is 140 Å². The fraction of sp³-hybridized carbons (Fsp3) is 0.353. The minimum Gasteiger partial charge on any atom is -0.488 e. The SMILES string of the molecule is CSc1ncccc1C(=O)N1CCC[C@H](Oc2ccncc2)C1. The number of rotatable bonds is 4. The van der Waals surface area contributed by atoms with Crippen molar-refractivity contribution >= 4 is 17.7 Å². The molecule has 1 aliphatic rings. The van der Waals surface area contributed by atoms with Crippen molar-refractivity contribution in [3.05, 3.63) is 48.4 Å². The molecule has 1 aliphatic heterocycles. The van der Waals surface area contributed by atoms with E-state index >= 15 is 0 Å². The molecule has 0 aromatic carbocycles. The second-order valence-corrected chi connectivity index (χ2v) is 6.17. The normalized spacial score (nSPS) is 17.8. The Bertz CT molecular complexity index is 666. The molecular weight excluding hydrogens is 310 g/mol. The van der Waals surface area contributed by atoms with Gasteiger partial charge in [-0.1, -0.05) is 0 Å². The summed E-state index contributed by atoms with van der Waals surface area (Å²) in [6.45, 7) is 1.36. The maximum Gasteiger partial charge on any atom is 0.256 e. The van der Waals surface area contributed by atoms with Crippen LogP contribution in [-0.2, 0) is 0 Å². The standard InChI is InChI=1S/C17H19N3O2S/c1-23-16-15(5-2-8-19-16)17(21)20-11-3-4-14(12-20)22-13-6-9-18-10-7-13/h2,5-10,14H,3-4,11-12H2,1H3/t14-/m0/s1. The zero-order valence-corrected chi connectivity index (χ0v) is 13.8. The number of hydrogen-bond acceptors (Lipinski definition) is 5. The molecule has 2 aromatic heterocycles. The molecule has 0 saturated carbocycles. The summed E-state index contributed by atoms with van der Waals surface area (Å²) in [7, 11) is 0. The molecule has 1 atom stereocenters. The van der Waals surface area contributed by atoms with E-state index in [0.29, 0.717) is 12.1 Å². The van der Waals surface area contributed by atoms with Crippen molar-refractivity contribution in [2.75, 3.05) is 19.3 Å². The average Bonchev–Trinajstić information content (AvgIpc) is 2.62. The number of likely N-dealkylation sites (tertiary alicyclic amines) is 1. The highest BCUT2D eigenvalue weighted by Crippen LogP contribution is 2.22. The molecule has 0 bridgehead atoms. The fourth-order valence-electron chi connectivity index (χ4n) is 2.71. The van der Waals surface area contributed by atoms with E-state index in [1.54, 1.807) is 18.6 Å². The van der Waals surface area contributed by atoms with Crippen molar-refractivity contribution in [3.8, 4) is 5.75 Å². The first-order valence-electron chi connectivity index (χ1n) is 7.63. The van der Waals surface area contributed by atoms with Gasteiger partial charge in [-0.2, -0.15) is 0 Å². The molecule has 5 nitrogen and oxygen atoms in total. The Morgan fingerprint density at radius 2 is 2.13 bits per heavy atom. The Morgan fingerprint density at radius 1 is 1.30 bits per heavy atom. The molecule has 120 valence electrons. The first kappa shape index (κ1) is 15.8. The third-order valence-corrected chi connectivity index (χ3v) is 4.52. The molecule has 3 rings (SSSR count). The van der Waals surface area contributed by atoms with Crippen LogP contribution in [0.1, 0.15) is 23.2 Å². The first-order valence-corrected chi connectivity index (χ1v) is 8.85. The highest BCUT2D eigenvalue weighted by molar-refractivity contribution is 7.98. The molecule has 1 saturated heterocycles. The molecule has 0 aliphatic carbocycles. The van der Waals surface area contributed by atoms with Crippen LogP contribution in [0.5, 0.6) is 5.75 Å². The highest BCUT2D eigenvalue weighted by atomic mass is 32.2. The van der Waals surface area contributed by atoms with Crippen LogP contribution < -0.4 is 4.74 Å². The van der Waals surface area contributed by atoms with Gasteiger partial charge in [-0.25, -0.2) is 4.98 Å². The Hall–Kier alpha value is -2.08. The molecule has 0 spiro atoms. The minimum atomic E-state index is 0.0181. The van der Waals surface area contributed by atoms with Gasteiger partial charge in [0, 0.05) is 25.1 Å². The number of hydrogen-bond donors (Lipinski definition) is 0. The Morgan fingerprint density at radius 3 is 2.91 bits per heavy atom. The van der Waals surface area contributed by atoms with E-state index in [4.69, 9.17) is 4.74 Å². The lowest BCUT2D eigenvalue weighted by molar-refractivity contribution is 0.0534. The van der Waals surface area contributed by atoms with Crippen molar-refractivity contribution in [1.29, 1.82) is 0 Å². The molecule has 6 heteroatoms. The first-order chi connectivity index (χ1) is 11.3. The van der Waals surface area contributed by atoms with Gasteiger partial charge in [0.15, 0.2) is 0 Å². The van der Waals surface area contributed by atoms with Crippen molar-refractivity contribution in [1.82, 2.24) is 14.9 Å². The van der Waals surface area contributed by atoms with E-state index in [2.05, 4.69) is 9.97 Å². The summed E-state index contributed by atoms with van der Waals surface area (Å²) in [6.07, 6.45) is 8.98. The number of thioether (sulfide) groups is 1. The van der Waals surface area contributed by atoms with Crippen LogP contribution in [-0.4, -0.2) is 46.2 Å². The lowest BCUT2D eigenvalue weighted by Gasteiger charge is -2.33. The smallest absolute Gasteiger partial charge is 0.256 e. The monoisotopic (exact) mass is 329 g/mol. The van der Waals surface area contributed by atoms with Gasteiger partial charge in [0.2, 0.25) is 0 Å². The summed E-state index contributed by atoms with van der Waals surface area (Å²) in [5.74, 6) is 0.830. The van der Waals surface area contributed by atoms with Crippen LogP contribution in [0.4, 0.5) is 0 Å². The molecule has 0 unspecified atom stereocenters. The summed E-state index contributed by atoms with van der Waals surface area (Å²) >= 11 is 1.49. The van der Waals surface area contributed by atoms with Crippen molar-refractivity contribution < 1.29 is 9.53 Å². The summed E-state index contributed by atoms with van der Waals surface area (Å²) in [4.78, 5) is 22.9. The molecule has 0 N–H and O–H groups in total. The van der Waals surface area contributed by atoms with E-state index in [-0.39, 0.29) is 12.0 Å². The average molecular weight is 329 g/mol. The Balaban J connectivity index is 1.69. The van der Waals surface area contributed by atoms with Gasteiger partial charge in [-0.15, -0.1) is 11.8 Å². The third kappa shape index (κ3) is 3.82. The number of carbonyl (C=O) groups excluding carboxylic acids is 1. The van der Waals surface area contributed by atoms with Crippen molar-refractivity contribution in [3.63, 3.8) is 0 Å². The second-order valence-electron chi connectivity index (χ2n) is 5.38. The summed E-state index contributed by atoms with van der Waals surface area (Å²) in [5.41, 5.74) is 0.671. The molecule has 1 amide bonds. The topological polar surface area (TPSA) is 55.3 Å². The predicted molar refractivity (Wildman–Crippen MR) is 89.8 cm³/mol. The van der Waals surface area contributed by atoms with Crippen LogP contribution in [0.3, 0.4) is 0 Å². The molecular formula is C17H19N3O2S. The highest BCUT2D eigenvalue weighted by Gasteiger charge is 2.27. The quantitative estimate of drug-likeness (QED) is 0.807. The van der Waals surface area contributed by atoms with Gasteiger partial charge in [0.1, 0.15) is 16.9 Å². The van der Waals surface area contributed by atoms with Crippen LogP contribution in [0.15, 0.2) is 47.9 Å². The zero-order valence-electron chi connectivity index (χ0n) is 13.0. The molecule has 2 aromatic rings. The number of aromatic nitrogens is 2. The number of carbonyl (C=O) groups is 1. The summed E-state index contributed by atoms with van der Waals surface area (Å²) in [5, 5.41) is 0.773. The van der Waals surface area contributed by atoms with E-state index in [1.807, 2.05) is 35.4 Å². The van der Waals surface area contributed by atoms with Gasteiger partial charge in [-0.3, -0.25) is 9.78 Å². The van der Waals surface area contributed by atoms with E-state index < -0.39 is 0 Å². The zero-order chi connectivity index (χ0) is 16.1. The molecule has 1 fully saturated rings. The molecule has 3 heterocycles. The van der Waals surface area contributed by atoms with Gasteiger partial charge < -0.3 is 9.64 Å². The largest absolute Gasteiger partial charge is 0.488 e. The minimum absolute atomic E-state index is 0.0181. The maximum absolute atomic E-state index is 12.8. The lowest BCUT2D eigenvalue weighted by atomic mass is 10.1.